The van der Waals surface area contributed by atoms with Crippen LogP contribution in [0.5, 0.6) is 0 Å². The Morgan fingerprint density at radius 3 is 2.96 bits per heavy atom. The Labute approximate surface area is 144 Å². The number of rotatable bonds is 6. The first-order chi connectivity index (χ1) is 11.1. The average molecular weight is 339 g/mol. The van der Waals surface area contributed by atoms with Gasteiger partial charge in [0.1, 0.15) is 6.54 Å². The summed E-state index contributed by atoms with van der Waals surface area (Å²) in [5, 5.41) is 11.8. The second-order valence-electron chi connectivity index (χ2n) is 6.43. The third-order valence-electron chi connectivity index (χ3n) is 4.21. The first-order valence-electron chi connectivity index (χ1n) is 8.65. The van der Waals surface area contributed by atoms with E-state index in [9.17, 15) is 0 Å². The highest BCUT2D eigenvalue weighted by atomic mass is 32.2. The van der Waals surface area contributed by atoms with Gasteiger partial charge >= 0.3 is 0 Å². The number of nitrogens with zero attached hydrogens (tertiary/aromatic N) is 2. The summed E-state index contributed by atoms with van der Waals surface area (Å²) in [5.41, 5.74) is 0.989. The molecular weight excluding hydrogens is 308 g/mol. The lowest BCUT2D eigenvalue weighted by Gasteiger charge is -2.29. The fourth-order valence-electron chi connectivity index (χ4n) is 2.84. The van der Waals surface area contributed by atoms with Crippen LogP contribution in [0.4, 0.5) is 0 Å². The maximum absolute atomic E-state index is 5.36. The minimum atomic E-state index is 0.383. The number of hydrogen-bond donors (Lipinski definition) is 2. The SMILES string of the molecule is CCNC(=NCc1cc(C(C)C)no1)NC1CCCC(SC)C1. The van der Waals surface area contributed by atoms with Gasteiger partial charge in [-0.25, -0.2) is 4.99 Å². The van der Waals surface area contributed by atoms with Gasteiger partial charge in [0, 0.05) is 23.9 Å². The van der Waals surface area contributed by atoms with Crippen molar-refractivity contribution in [2.75, 3.05) is 12.8 Å². The van der Waals surface area contributed by atoms with Crippen molar-refractivity contribution in [3.8, 4) is 0 Å². The summed E-state index contributed by atoms with van der Waals surface area (Å²) in [7, 11) is 0. The molecule has 2 N–H and O–H groups in total. The summed E-state index contributed by atoms with van der Waals surface area (Å²) in [6, 6.07) is 2.52. The number of nitrogens with one attached hydrogen (secondary N) is 2. The summed E-state index contributed by atoms with van der Waals surface area (Å²) in [4.78, 5) is 4.66. The molecule has 1 aliphatic carbocycles. The van der Waals surface area contributed by atoms with Crippen molar-refractivity contribution < 1.29 is 4.52 Å². The molecule has 1 saturated carbocycles. The number of aromatic nitrogens is 1. The molecule has 2 rings (SSSR count). The van der Waals surface area contributed by atoms with Crippen molar-refractivity contribution in [2.24, 2.45) is 4.99 Å². The maximum Gasteiger partial charge on any atom is 0.191 e. The topological polar surface area (TPSA) is 62.5 Å². The Balaban J connectivity index is 1.93. The van der Waals surface area contributed by atoms with Crippen LogP contribution in [0.1, 0.15) is 63.8 Å². The number of aliphatic imine (C=N–C) groups is 1. The smallest absolute Gasteiger partial charge is 0.191 e. The van der Waals surface area contributed by atoms with Gasteiger partial charge in [-0.3, -0.25) is 0 Å². The highest BCUT2D eigenvalue weighted by molar-refractivity contribution is 7.99. The van der Waals surface area contributed by atoms with E-state index in [1.165, 1.54) is 25.7 Å². The van der Waals surface area contributed by atoms with Crippen LogP contribution in [0.25, 0.3) is 0 Å². The predicted molar refractivity (Wildman–Crippen MR) is 98.1 cm³/mol. The van der Waals surface area contributed by atoms with E-state index >= 15 is 0 Å². The molecule has 5 nitrogen and oxygen atoms in total. The normalized spacial score (nSPS) is 22.4. The Bertz CT molecular complexity index is 501. The molecule has 0 aliphatic heterocycles. The predicted octanol–water partition coefficient (Wildman–Crippen LogP) is 3.53. The molecule has 1 aliphatic rings. The molecule has 2 atom stereocenters. The first-order valence-corrected chi connectivity index (χ1v) is 9.94. The Morgan fingerprint density at radius 1 is 1.48 bits per heavy atom. The molecule has 0 bridgehead atoms. The molecule has 0 saturated heterocycles. The van der Waals surface area contributed by atoms with Gasteiger partial charge in [0.05, 0.1) is 5.69 Å². The quantitative estimate of drug-likeness (QED) is 0.614. The van der Waals surface area contributed by atoms with Crippen LogP contribution in [-0.2, 0) is 6.54 Å². The van der Waals surface area contributed by atoms with Crippen LogP contribution >= 0.6 is 11.8 Å². The number of thioether (sulfide) groups is 1. The third-order valence-corrected chi connectivity index (χ3v) is 5.30. The van der Waals surface area contributed by atoms with Crippen LogP contribution in [0.3, 0.4) is 0 Å². The van der Waals surface area contributed by atoms with Gasteiger partial charge in [-0.2, -0.15) is 11.8 Å². The van der Waals surface area contributed by atoms with E-state index in [0.717, 1.165) is 29.2 Å². The monoisotopic (exact) mass is 338 g/mol. The van der Waals surface area contributed by atoms with Crippen molar-refractivity contribution in [3.05, 3.63) is 17.5 Å². The molecule has 1 aromatic rings. The van der Waals surface area contributed by atoms with Gasteiger partial charge in [-0.05, 0) is 38.4 Å². The molecule has 1 heterocycles. The molecule has 0 amide bonds. The zero-order valence-corrected chi connectivity index (χ0v) is 15.6. The van der Waals surface area contributed by atoms with Gasteiger partial charge in [0.25, 0.3) is 0 Å². The van der Waals surface area contributed by atoms with Crippen LogP contribution in [0.15, 0.2) is 15.6 Å². The minimum Gasteiger partial charge on any atom is -0.359 e. The fourth-order valence-corrected chi connectivity index (χ4v) is 3.66. The van der Waals surface area contributed by atoms with Crippen molar-refractivity contribution in [3.63, 3.8) is 0 Å². The molecule has 0 radical (unpaired) electrons. The first kappa shape index (κ1) is 18.2. The maximum atomic E-state index is 5.36. The summed E-state index contributed by atoms with van der Waals surface area (Å²) in [6.07, 6.45) is 7.28. The number of guanidine groups is 1. The van der Waals surface area contributed by atoms with Crippen molar-refractivity contribution in [2.45, 2.75) is 70.2 Å². The fraction of sp³-hybridized carbons (Fsp3) is 0.765. The zero-order valence-electron chi connectivity index (χ0n) is 14.8. The Kier molecular flexibility index (Phi) is 7.27. The third kappa shape index (κ3) is 5.75. The lowest BCUT2D eigenvalue weighted by molar-refractivity contribution is 0.376. The van der Waals surface area contributed by atoms with E-state index in [0.29, 0.717) is 18.5 Å². The van der Waals surface area contributed by atoms with Gasteiger partial charge in [0.15, 0.2) is 11.7 Å². The van der Waals surface area contributed by atoms with E-state index in [1.54, 1.807) is 0 Å². The second-order valence-corrected chi connectivity index (χ2v) is 7.57. The molecule has 2 unspecified atom stereocenters. The summed E-state index contributed by atoms with van der Waals surface area (Å²) in [5.74, 6) is 2.08. The molecule has 0 spiro atoms. The van der Waals surface area contributed by atoms with E-state index in [1.807, 2.05) is 17.8 Å². The van der Waals surface area contributed by atoms with Gasteiger partial charge in [-0.15, -0.1) is 0 Å². The molecule has 6 heteroatoms. The zero-order chi connectivity index (χ0) is 16.7. The molecular formula is C17H30N4OS. The van der Waals surface area contributed by atoms with E-state index < -0.39 is 0 Å². The molecule has 1 fully saturated rings. The summed E-state index contributed by atoms with van der Waals surface area (Å²) < 4.78 is 5.36. The largest absolute Gasteiger partial charge is 0.359 e. The second kappa shape index (κ2) is 9.21. The molecule has 1 aromatic heterocycles. The van der Waals surface area contributed by atoms with Crippen LogP contribution in [0.2, 0.25) is 0 Å². The van der Waals surface area contributed by atoms with Crippen LogP contribution < -0.4 is 10.6 Å². The Morgan fingerprint density at radius 2 is 2.30 bits per heavy atom. The molecule has 0 aromatic carbocycles. The lowest BCUT2D eigenvalue weighted by Crippen LogP contribution is -2.45. The standard InChI is InChI=1S/C17H30N4OS/c1-5-18-17(20-13-7-6-8-15(9-13)23-4)19-11-14-10-16(12(2)3)21-22-14/h10,12-13,15H,5-9,11H2,1-4H3,(H2,18,19,20). The van der Waals surface area contributed by atoms with E-state index in [2.05, 4.69) is 47.8 Å². The molecule has 23 heavy (non-hydrogen) atoms. The van der Waals surface area contributed by atoms with Crippen LogP contribution in [-0.4, -0.2) is 35.2 Å². The van der Waals surface area contributed by atoms with Crippen molar-refractivity contribution in [1.29, 1.82) is 0 Å². The summed E-state index contributed by atoms with van der Waals surface area (Å²) in [6.45, 7) is 7.70. The van der Waals surface area contributed by atoms with Crippen molar-refractivity contribution in [1.82, 2.24) is 15.8 Å². The highest BCUT2D eigenvalue weighted by Crippen LogP contribution is 2.26. The van der Waals surface area contributed by atoms with Crippen LogP contribution in [0, 0.1) is 0 Å². The molecule has 130 valence electrons. The Hall–Kier alpha value is -1.17. The minimum absolute atomic E-state index is 0.383. The van der Waals surface area contributed by atoms with Gasteiger partial charge in [-0.1, -0.05) is 25.4 Å². The lowest BCUT2D eigenvalue weighted by atomic mass is 9.95. The van der Waals surface area contributed by atoms with E-state index in [4.69, 9.17) is 4.52 Å². The average Bonchev–Trinajstić information content (AvgIpc) is 3.02. The summed E-state index contributed by atoms with van der Waals surface area (Å²) >= 11 is 1.98. The van der Waals surface area contributed by atoms with Crippen molar-refractivity contribution >= 4 is 17.7 Å². The number of hydrogen-bond acceptors (Lipinski definition) is 4. The van der Waals surface area contributed by atoms with Gasteiger partial charge < -0.3 is 15.2 Å². The van der Waals surface area contributed by atoms with Gasteiger partial charge in [0.2, 0.25) is 0 Å². The van der Waals surface area contributed by atoms with E-state index in [-0.39, 0.29) is 0 Å². The highest BCUT2D eigenvalue weighted by Gasteiger charge is 2.21.